The molecular weight excluding hydrogens is 304 g/mol. The van der Waals surface area contributed by atoms with E-state index in [4.69, 9.17) is 4.74 Å². The van der Waals surface area contributed by atoms with Crippen molar-refractivity contribution < 1.29 is 4.74 Å². The summed E-state index contributed by atoms with van der Waals surface area (Å²) in [7, 11) is 1.74. The molecule has 1 aliphatic carbocycles. The van der Waals surface area contributed by atoms with Gasteiger partial charge in [-0.2, -0.15) is 0 Å². The highest BCUT2D eigenvalue weighted by molar-refractivity contribution is 5.45. The van der Waals surface area contributed by atoms with Crippen LogP contribution in [-0.4, -0.2) is 38.9 Å². The molecule has 1 aliphatic rings. The smallest absolute Gasteiger partial charge is 0.200 e. The van der Waals surface area contributed by atoms with E-state index in [1.807, 2.05) is 24.3 Å². The summed E-state index contributed by atoms with van der Waals surface area (Å²) in [5.41, 5.74) is 1.99. The highest BCUT2D eigenvalue weighted by Gasteiger charge is 2.37. The van der Waals surface area contributed by atoms with Gasteiger partial charge in [0.25, 0.3) is 0 Å². The Bertz CT molecular complexity index is 840. The van der Waals surface area contributed by atoms with Crippen LogP contribution in [0.4, 0.5) is 5.82 Å². The van der Waals surface area contributed by atoms with Gasteiger partial charge in [0.15, 0.2) is 5.65 Å². The lowest BCUT2D eigenvalue weighted by atomic mass is 9.78. The van der Waals surface area contributed by atoms with Crippen LogP contribution in [0.3, 0.4) is 0 Å². The van der Waals surface area contributed by atoms with Crippen LogP contribution >= 0.6 is 0 Å². The fourth-order valence-electron chi connectivity index (χ4n) is 3.68. The molecule has 3 aromatic rings. The van der Waals surface area contributed by atoms with E-state index in [2.05, 4.69) is 38.1 Å². The SMILES string of the molecule is COc1ccccc1C1(CNc2ccc3nnnn3n2)CCCC1. The summed E-state index contributed by atoms with van der Waals surface area (Å²) >= 11 is 0. The maximum atomic E-state index is 5.61. The first-order chi connectivity index (χ1) is 11.8. The second kappa shape index (κ2) is 6.07. The van der Waals surface area contributed by atoms with Crippen molar-refractivity contribution >= 4 is 11.5 Å². The minimum absolute atomic E-state index is 0.0733. The number of anilines is 1. The highest BCUT2D eigenvalue weighted by atomic mass is 16.5. The van der Waals surface area contributed by atoms with Crippen molar-refractivity contribution in [2.75, 3.05) is 19.0 Å². The molecule has 0 bridgehead atoms. The Kier molecular flexibility index (Phi) is 3.76. The summed E-state index contributed by atoms with van der Waals surface area (Å²) in [6.45, 7) is 0.813. The number of fused-ring (bicyclic) bond motifs is 1. The molecule has 1 fully saturated rings. The van der Waals surface area contributed by atoms with Crippen molar-refractivity contribution in [2.24, 2.45) is 0 Å². The third-order valence-corrected chi connectivity index (χ3v) is 4.92. The van der Waals surface area contributed by atoms with Crippen molar-refractivity contribution in [1.82, 2.24) is 25.3 Å². The van der Waals surface area contributed by atoms with Gasteiger partial charge < -0.3 is 10.1 Å². The Morgan fingerprint density at radius 3 is 2.83 bits per heavy atom. The Hall–Kier alpha value is -2.70. The van der Waals surface area contributed by atoms with Crippen LogP contribution in [0.15, 0.2) is 36.4 Å². The van der Waals surface area contributed by atoms with Crippen molar-refractivity contribution in [1.29, 1.82) is 0 Å². The lowest BCUT2D eigenvalue weighted by Crippen LogP contribution is -2.32. The molecule has 0 saturated heterocycles. The number of para-hydroxylation sites is 1. The highest BCUT2D eigenvalue weighted by Crippen LogP contribution is 2.44. The molecular formula is C17H20N6O. The molecule has 1 aromatic carbocycles. The van der Waals surface area contributed by atoms with Crippen molar-refractivity contribution in [3.8, 4) is 5.75 Å². The number of hydrogen-bond acceptors (Lipinski definition) is 6. The minimum atomic E-state index is 0.0733. The number of methoxy groups -OCH3 is 1. The molecule has 7 nitrogen and oxygen atoms in total. The second-order valence-corrected chi connectivity index (χ2v) is 6.29. The Morgan fingerprint density at radius 1 is 1.17 bits per heavy atom. The molecule has 24 heavy (non-hydrogen) atoms. The predicted molar refractivity (Wildman–Crippen MR) is 90.2 cm³/mol. The molecule has 0 aliphatic heterocycles. The largest absolute Gasteiger partial charge is 0.496 e. The Morgan fingerprint density at radius 2 is 2.00 bits per heavy atom. The van der Waals surface area contributed by atoms with Gasteiger partial charge in [-0.15, -0.1) is 14.8 Å². The molecule has 2 aromatic heterocycles. The number of benzene rings is 1. The van der Waals surface area contributed by atoms with Crippen molar-refractivity contribution in [3.63, 3.8) is 0 Å². The zero-order valence-electron chi connectivity index (χ0n) is 13.6. The van der Waals surface area contributed by atoms with E-state index in [1.165, 1.54) is 23.0 Å². The van der Waals surface area contributed by atoms with Crippen LogP contribution in [0.25, 0.3) is 5.65 Å². The summed E-state index contributed by atoms with van der Waals surface area (Å²) in [5.74, 6) is 1.74. The van der Waals surface area contributed by atoms with Crippen LogP contribution in [0, 0.1) is 0 Å². The Balaban J connectivity index is 1.61. The van der Waals surface area contributed by atoms with Gasteiger partial charge in [-0.05, 0) is 41.5 Å². The van der Waals surface area contributed by atoms with Crippen molar-refractivity contribution in [3.05, 3.63) is 42.0 Å². The average molecular weight is 324 g/mol. The van der Waals surface area contributed by atoms with E-state index in [1.54, 1.807) is 7.11 Å². The predicted octanol–water partition coefficient (Wildman–Crippen LogP) is 2.45. The van der Waals surface area contributed by atoms with Crippen LogP contribution in [0.2, 0.25) is 0 Å². The number of nitrogens with zero attached hydrogens (tertiary/aromatic N) is 5. The van der Waals surface area contributed by atoms with Crippen molar-refractivity contribution in [2.45, 2.75) is 31.1 Å². The molecule has 0 unspecified atom stereocenters. The van der Waals surface area contributed by atoms with E-state index >= 15 is 0 Å². The number of hydrogen-bond donors (Lipinski definition) is 1. The molecule has 2 heterocycles. The van der Waals surface area contributed by atoms with Crippen LogP contribution in [0.1, 0.15) is 31.2 Å². The fourth-order valence-corrected chi connectivity index (χ4v) is 3.68. The molecule has 0 amide bonds. The maximum Gasteiger partial charge on any atom is 0.200 e. The number of ether oxygens (including phenoxy) is 1. The fraction of sp³-hybridized carbons (Fsp3) is 0.412. The molecule has 0 spiro atoms. The molecule has 7 heteroatoms. The monoisotopic (exact) mass is 324 g/mol. The van der Waals surface area contributed by atoms with E-state index in [0.29, 0.717) is 5.65 Å². The van der Waals surface area contributed by atoms with Gasteiger partial charge in [-0.3, -0.25) is 0 Å². The molecule has 0 atom stereocenters. The van der Waals surface area contributed by atoms with E-state index in [9.17, 15) is 0 Å². The molecule has 1 saturated carbocycles. The number of nitrogens with one attached hydrogen (secondary N) is 1. The van der Waals surface area contributed by atoms with Crippen LogP contribution < -0.4 is 10.1 Å². The first-order valence-corrected chi connectivity index (χ1v) is 8.24. The Labute approximate surface area is 140 Å². The van der Waals surface area contributed by atoms with Gasteiger partial charge in [0.05, 0.1) is 7.11 Å². The van der Waals surface area contributed by atoms with Crippen LogP contribution in [0.5, 0.6) is 5.75 Å². The summed E-state index contributed by atoms with van der Waals surface area (Å²) < 4.78 is 7.05. The van der Waals surface area contributed by atoms with Gasteiger partial charge in [0, 0.05) is 17.5 Å². The van der Waals surface area contributed by atoms with Crippen LogP contribution in [-0.2, 0) is 5.41 Å². The number of tetrazole rings is 1. The zero-order chi connectivity index (χ0) is 16.4. The molecule has 0 radical (unpaired) electrons. The molecule has 4 rings (SSSR count). The lowest BCUT2D eigenvalue weighted by molar-refractivity contribution is 0.381. The van der Waals surface area contributed by atoms with Gasteiger partial charge in [-0.1, -0.05) is 31.0 Å². The third kappa shape index (κ3) is 2.55. The van der Waals surface area contributed by atoms with E-state index < -0.39 is 0 Å². The average Bonchev–Trinajstić information content (AvgIpc) is 3.29. The molecule has 1 N–H and O–H groups in total. The number of aromatic nitrogens is 5. The van der Waals surface area contributed by atoms with Gasteiger partial charge in [0.2, 0.25) is 0 Å². The van der Waals surface area contributed by atoms with E-state index in [0.717, 1.165) is 31.0 Å². The first kappa shape index (κ1) is 14.9. The quantitative estimate of drug-likeness (QED) is 0.777. The second-order valence-electron chi connectivity index (χ2n) is 6.29. The van der Waals surface area contributed by atoms with E-state index in [-0.39, 0.29) is 5.41 Å². The summed E-state index contributed by atoms with van der Waals surface area (Å²) in [6.07, 6.45) is 4.76. The maximum absolute atomic E-state index is 5.61. The normalized spacial score (nSPS) is 16.4. The summed E-state index contributed by atoms with van der Waals surface area (Å²) in [4.78, 5) is 0. The molecule has 124 valence electrons. The number of rotatable bonds is 5. The topological polar surface area (TPSA) is 77.2 Å². The van der Waals surface area contributed by atoms with Gasteiger partial charge in [-0.25, -0.2) is 0 Å². The minimum Gasteiger partial charge on any atom is -0.496 e. The first-order valence-electron chi connectivity index (χ1n) is 8.24. The van der Waals surface area contributed by atoms with Gasteiger partial charge in [0.1, 0.15) is 11.6 Å². The summed E-state index contributed by atoms with van der Waals surface area (Å²) in [6, 6.07) is 12.1. The summed E-state index contributed by atoms with van der Waals surface area (Å²) in [5, 5.41) is 19.2. The standard InChI is InChI=1S/C17H20N6O/c1-24-14-7-3-2-6-13(14)17(10-4-5-11-17)12-18-15-8-9-16-19-21-22-23(16)20-15/h2-3,6-9H,4-5,10-12H2,1H3,(H,18,20). The lowest BCUT2D eigenvalue weighted by Gasteiger charge is -2.31. The van der Waals surface area contributed by atoms with Gasteiger partial charge >= 0.3 is 0 Å². The third-order valence-electron chi connectivity index (χ3n) is 4.92. The zero-order valence-corrected chi connectivity index (χ0v) is 13.6.